The quantitative estimate of drug-likeness (QED) is 0.270. The number of ether oxygens (including phenoxy) is 4. The maximum Gasteiger partial charge on any atom is 0.347 e. The van der Waals surface area contributed by atoms with Gasteiger partial charge in [0.2, 0.25) is 0 Å². The monoisotopic (exact) mass is 484 g/mol. The van der Waals surface area contributed by atoms with E-state index >= 15 is 0 Å². The maximum atomic E-state index is 12.8. The molecule has 0 unspecified atom stereocenters. The third kappa shape index (κ3) is 5.44. The minimum Gasteiger partial charge on any atom is -0.496 e. The summed E-state index contributed by atoms with van der Waals surface area (Å²) in [7, 11) is 4.45. The molecule has 1 aromatic heterocycles. The van der Waals surface area contributed by atoms with Crippen molar-refractivity contribution in [1.82, 2.24) is 4.98 Å². The molecule has 0 saturated carbocycles. The lowest BCUT2D eigenvalue weighted by Gasteiger charge is -2.13. The van der Waals surface area contributed by atoms with Crippen LogP contribution < -0.4 is 24.3 Å². The van der Waals surface area contributed by atoms with E-state index in [0.717, 1.165) is 11.1 Å². The molecule has 4 aromatic rings. The first-order chi connectivity index (χ1) is 17.5. The van der Waals surface area contributed by atoms with Crippen LogP contribution in [0.1, 0.15) is 20.7 Å². The summed E-state index contributed by atoms with van der Waals surface area (Å²) >= 11 is 0. The molecule has 0 fully saturated rings. The summed E-state index contributed by atoms with van der Waals surface area (Å²) in [6.45, 7) is 0. The van der Waals surface area contributed by atoms with Crippen molar-refractivity contribution in [3.63, 3.8) is 0 Å². The number of esters is 1. The molecule has 0 aliphatic heterocycles. The number of nitrogens with one attached hydrogen (secondary N) is 1. The average Bonchev–Trinajstić information content (AvgIpc) is 2.93. The molecule has 182 valence electrons. The average molecular weight is 485 g/mol. The van der Waals surface area contributed by atoms with Crippen molar-refractivity contribution in [2.45, 2.75) is 0 Å². The van der Waals surface area contributed by atoms with E-state index in [-0.39, 0.29) is 11.5 Å². The first-order valence-electron chi connectivity index (χ1n) is 11.0. The van der Waals surface area contributed by atoms with Gasteiger partial charge in [-0.05, 0) is 47.5 Å². The van der Waals surface area contributed by atoms with Crippen LogP contribution in [-0.2, 0) is 0 Å². The van der Waals surface area contributed by atoms with E-state index in [1.54, 1.807) is 42.7 Å². The molecule has 0 saturated heterocycles. The Morgan fingerprint density at radius 1 is 0.694 bits per heavy atom. The second-order valence-electron chi connectivity index (χ2n) is 7.59. The fourth-order valence-electron chi connectivity index (χ4n) is 3.52. The van der Waals surface area contributed by atoms with E-state index in [9.17, 15) is 9.59 Å². The minimum atomic E-state index is -0.588. The van der Waals surface area contributed by atoms with E-state index in [4.69, 9.17) is 18.9 Å². The summed E-state index contributed by atoms with van der Waals surface area (Å²) in [6, 6.07) is 21.0. The Kier molecular flexibility index (Phi) is 7.45. The molecule has 1 heterocycles. The Morgan fingerprint density at radius 3 is 1.83 bits per heavy atom. The number of nitrogens with zero attached hydrogens (tertiary/aromatic N) is 1. The molecular formula is C28H24N2O6. The standard InChI is InChI=1S/C28H24N2O6/c1-33-24-17-26(35-3)25(34-2)16-23(24)28(32)36-22-10-6-19(7-11-22)18-4-8-21(9-5-18)30-27(31)20-12-14-29-15-13-20/h4-17H,1-3H3,(H,30,31). The van der Waals surface area contributed by atoms with Crippen LogP contribution in [0.4, 0.5) is 5.69 Å². The third-order valence-electron chi connectivity index (χ3n) is 5.41. The predicted molar refractivity (Wildman–Crippen MR) is 135 cm³/mol. The number of hydrogen-bond donors (Lipinski definition) is 1. The lowest BCUT2D eigenvalue weighted by atomic mass is 10.1. The number of aromatic nitrogens is 1. The fraction of sp³-hybridized carbons (Fsp3) is 0.107. The van der Waals surface area contributed by atoms with Crippen LogP contribution in [0.2, 0.25) is 0 Å². The van der Waals surface area contributed by atoms with Gasteiger partial charge in [-0.2, -0.15) is 0 Å². The van der Waals surface area contributed by atoms with Gasteiger partial charge in [0, 0.05) is 35.8 Å². The van der Waals surface area contributed by atoms with Gasteiger partial charge in [0.05, 0.1) is 21.3 Å². The number of pyridine rings is 1. The van der Waals surface area contributed by atoms with Crippen LogP contribution in [0.15, 0.2) is 85.2 Å². The van der Waals surface area contributed by atoms with Crippen LogP contribution in [-0.4, -0.2) is 38.2 Å². The largest absolute Gasteiger partial charge is 0.496 e. The number of amides is 1. The molecular weight excluding hydrogens is 460 g/mol. The van der Waals surface area contributed by atoms with Crippen LogP contribution in [0, 0.1) is 0 Å². The maximum absolute atomic E-state index is 12.8. The summed E-state index contributed by atoms with van der Waals surface area (Å²) in [5, 5.41) is 2.86. The van der Waals surface area contributed by atoms with Gasteiger partial charge in [-0.25, -0.2) is 4.79 Å². The highest BCUT2D eigenvalue weighted by molar-refractivity contribution is 6.04. The second kappa shape index (κ2) is 11.1. The third-order valence-corrected chi connectivity index (χ3v) is 5.41. The number of benzene rings is 3. The van der Waals surface area contributed by atoms with E-state index in [2.05, 4.69) is 10.3 Å². The lowest BCUT2D eigenvalue weighted by Crippen LogP contribution is -2.11. The van der Waals surface area contributed by atoms with E-state index < -0.39 is 5.97 Å². The highest BCUT2D eigenvalue weighted by atomic mass is 16.5. The van der Waals surface area contributed by atoms with E-state index in [1.807, 2.05) is 36.4 Å². The van der Waals surface area contributed by atoms with Gasteiger partial charge in [0.25, 0.3) is 5.91 Å². The SMILES string of the molecule is COc1cc(OC)c(C(=O)Oc2ccc(-c3ccc(NC(=O)c4ccncc4)cc3)cc2)cc1OC. The molecule has 0 atom stereocenters. The Hall–Kier alpha value is -4.85. The number of rotatable bonds is 8. The van der Waals surface area contributed by atoms with Gasteiger partial charge >= 0.3 is 5.97 Å². The van der Waals surface area contributed by atoms with Crippen molar-refractivity contribution in [2.75, 3.05) is 26.6 Å². The highest BCUT2D eigenvalue weighted by Crippen LogP contribution is 2.35. The molecule has 1 amide bonds. The van der Waals surface area contributed by atoms with Crippen LogP contribution in [0.3, 0.4) is 0 Å². The minimum absolute atomic E-state index is 0.206. The van der Waals surface area contributed by atoms with Gasteiger partial charge in [0.1, 0.15) is 17.1 Å². The summed E-state index contributed by atoms with van der Waals surface area (Å²) in [6.07, 6.45) is 3.15. The molecule has 4 rings (SSSR count). The summed E-state index contributed by atoms with van der Waals surface area (Å²) in [5.74, 6) is 0.726. The molecule has 3 aromatic carbocycles. The van der Waals surface area contributed by atoms with Gasteiger partial charge in [-0.3, -0.25) is 9.78 Å². The molecule has 0 bridgehead atoms. The Morgan fingerprint density at radius 2 is 1.25 bits per heavy atom. The Labute approximate surface area is 208 Å². The summed E-state index contributed by atoms with van der Waals surface area (Å²) < 4.78 is 21.4. The molecule has 0 radical (unpaired) electrons. The second-order valence-corrected chi connectivity index (χ2v) is 7.59. The first kappa shape index (κ1) is 24.3. The van der Waals surface area contributed by atoms with Crippen molar-refractivity contribution in [3.05, 3.63) is 96.3 Å². The van der Waals surface area contributed by atoms with Gasteiger partial charge in [-0.15, -0.1) is 0 Å². The Bertz CT molecular complexity index is 1350. The fourth-order valence-corrected chi connectivity index (χ4v) is 3.52. The number of hydrogen-bond acceptors (Lipinski definition) is 7. The van der Waals surface area contributed by atoms with E-state index in [0.29, 0.717) is 34.2 Å². The van der Waals surface area contributed by atoms with Gasteiger partial charge < -0.3 is 24.3 Å². The van der Waals surface area contributed by atoms with Crippen molar-refractivity contribution in [1.29, 1.82) is 0 Å². The van der Waals surface area contributed by atoms with E-state index in [1.165, 1.54) is 27.4 Å². The highest BCUT2D eigenvalue weighted by Gasteiger charge is 2.19. The van der Waals surface area contributed by atoms with Crippen molar-refractivity contribution < 1.29 is 28.5 Å². The molecule has 0 aliphatic carbocycles. The van der Waals surface area contributed by atoms with Crippen LogP contribution >= 0.6 is 0 Å². The molecule has 8 heteroatoms. The predicted octanol–water partition coefficient (Wildman–Crippen LogP) is 5.25. The lowest BCUT2D eigenvalue weighted by molar-refractivity contribution is 0.0730. The van der Waals surface area contributed by atoms with Crippen molar-refractivity contribution >= 4 is 17.6 Å². The first-order valence-corrected chi connectivity index (χ1v) is 11.0. The molecule has 1 N–H and O–H groups in total. The zero-order valence-corrected chi connectivity index (χ0v) is 20.0. The molecule has 0 aliphatic rings. The zero-order valence-electron chi connectivity index (χ0n) is 20.0. The van der Waals surface area contributed by atoms with Crippen molar-refractivity contribution in [2.24, 2.45) is 0 Å². The van der Waals surface area contributed by atoms with Crippen LogP contribution in [0.25, 0.3) is 11.1 Å². The smallest absolute Gasteiger partial charge is 0.347 e. The topological polar surface area (TPSA) is 96.0 Å². The normalized spacial score (nSPS) is 10.3. The molecule has 0 spiro atoms. The Balaban J connectivity index is 1.44. The van der Waals surface area contributed by atoms with Crippen molar-refractivity contribution in [3.8, 4) is 34.1 Å². The number of methoxy groups -OCH3 is 3. The number of carbonyl (C=O) groups is 2. The number of carbonyl (C=O) groups excluding carboxylic acids is 2. The zero-order chi connectivity index (χ0) is 25.5. The summed E-state index contributed by atoms with van der Waals surface area (Å²) in [4.78, 5) is 29.0. The molecule has 36 heavy (non-hydrogen) atoms. The van der Waals surface area contributed by atoms with Crippen LogP contribution in [0.5, 0.6) is 23.0 Å². The summed E-state index contributed by atoms with van der Waals surface area (Å²) in [5.41, 5.74) is 3.28. The molecule has 8 nitrogen and oxygen atoms in total. The van der Waals surface area contributed by atoms with Gasteiger partial charge in [-0.1, -0.05) is 24.3 Å². The number of anilines is 1. The van der Waals surface area contributed by atoms with Gasteiger partial charge in [0.15, 0.2) is 11.5 Å².